The van der Waals surface area contributed by atoms with E-state index in [0.29, 0.717) is 65.4 Å². The summed E-state index contributed by atoms with van der Waals surface area (Å²) < 4.78 is 90.8. The highest BCUT2D eigenvalue weighted by atomic mass is 32.3. The molecule has 12 heteroatoms. The van der Waals surface area contributed by atoms with Crippen molar-refractivity contribution in [3.63, 3.8) is 0 Å². The average molecular weight is 679 g/mol. The summed E-state index contributed by atoms with van der Waals surface area (Å²) in [6.45, 7) is 0. The Bertz CT molecular complexity index is 2870. The van der Waals surface area contributed by atoms with Gasteiger partial charge in [0.15, 0.2) is 11.5 Å². The van der Waals surface area contributed by atoms with E-state index in [1.165, 1.54) is 0 Å². The summed E-state index contributed by atoms with van der Waals surface area (Å²) >= 11 is 0. The van der Waals surface area contributed by atoms with Gasteiger partial charge in [0.2, 0.25) is 0 Å². The molecule has 9 rings (SSSR count). The van der Waals surface area contributed by atoms with Gasteiger partial charge in [-0.15, -0.1) is 0 Å². The molecule has 0 heterocycles. The number of benzene rings is 9. The van der Waals surface area contributed by atoms with Crippen molar-refractivity contribution in [2.24, 2.45) is 0 Å². The third-order valence-electron chi connectivity index (χ3n) is 9.26. The van der Waals surface area contributed by atoms with Crippen LogP contribution in [0.3, 0.4) is 0 Å². The van der Waals surface area contributed by atoms with E-state index in [-0.39, 0.29) is 11.5 Å². The molecule has 0 saturated heterocycles. The molecule has 238 valence electrons. The molecule has 0 aliphatic rings. The molecule has 0 fully saturated rings. The molecule has 0 saturated carbocycles. The highest BCUT2D eigenvalue weighted by Crippen LogP contribution is 2.55. The van der Waals surface area contributed by atoms with Crippen molar-refractivity contribution in [2.75, 3.05) is 14.2 Å². The third-order valence-corrected chi connectivity index (χ3v) is 10.0. The number of methoxy groups -OCH3 is 2. The normalized spacial score (nSPS) is 12.9. The fourth-order valence-corrected chi connectivity index (χ4v) is 8.44. The predicted octanol–water partition coefficient (Wildman–Crippen LogP) is 8.17. The maximum Gasteiger partial charge on any atom is 0.446 e. The van der Waals surface area contributed by atoms with Gasteiger partial charge in [-0.25, -0.2) is 0 Å². The highest BCUT2D eigenvalue weighted by Gasteiger charge is 2.28. The highest BCUT2D eigenvalue weighted by molar-refractivity contribution is 7.81. The van der Waals surface area contributed by atoms with Crippen LogP contribution in [0.15, 0.2) is 84.9 Å². The quantitative estimate of drug-likeness (QED) is 0.100. The Labute approximate surface area is 272 Å². The van der Waals surface area contributed by atoms with Gasteiger partial charge in [-0.3, -0.25) is 9.11 Å². The van der Waals surface area contributed by atoms with Gasteiger partial charge in [0.25, 0.3) is 0 Å². The van der Waals surface area contributed by atoms with Gasteiger partial charge in [0.05, 0.1) is 14.2 Å². The molecule has 9 aromatic carbocycles. The molecule has 9 aromatic rings. The number of ether oxygens (including phenoxy) is 2. The molecule has 48 heavy (non-hydrogen) atoms. The van der Waals surface area contributed by atoms with Crippen molar-refractivity contribution in [3.8, 4) is 23.0 Å². The SMILES string of the molecule is COc1cc2c3ccccc3c(OS(=O)(=O)O)c3ccc4c5ccc6c(OS(=O)(=O)O)c7ccccc7c7cc(OC)c(c1c4c32)c5c67. The Balaban J connectivity index is 1.60. The van der Waals surface area contributed by atoms with Gasteiger partial charge in [-0.05, 0) is 56.6 Å². The number of rotatable bonds is 6. The van der Waals surface area contributed by atoms with Crippen molar-refractivity contribution < 1.29 is 43.8 Å². The van der Waals surface area contributed by atoms with Gasteiger partial charge >= 0.3 is 20.8 Å². The van der Waals surface area contributed by atoms with E-state index in [9.17, 15) is 25.9 Å². The summed E-state index contributed by atoms with van der Waals surface area (Å²) in [7, 11) is -6.64. The molecule has 0 aliphatic carbocycles. The van der Waals surface area contributed by atoms with Crippen LogP contribution in [0.5, 0.6) is 23.0 Å². The molecular formula is C36H22O10S2. The summed E-state index contributed by atoms with van der Waals surface area (Å²) in [5.74, 6) is 1.02. The van der Waals surface area contributed by atoms with E-state index < -0.39 is 20.8 Å². The second kappa shape index (κ2) is 9.58. The zero-order valence-corrected chi connectivity index (χ0v) is 26.7. The molecule has 0 aliphatic heterocycles. The minimum Gasteiger partial charge on any atom is -0.496 e. The monoisotopic (exact) mass is 678 g/mol. The summed E-state index contributed by atoms with van der Waals surface area (Å²) in [6, 6.07) is 25.4. The second-order valence-corrected chi connectivity index (χ2v) is 13.6. The predicted molar refractivity (Wildman–Crippen MR) is 186 cm³/mol. The minimum absolute atomic E-state index is 0.00974. The molecule has 0 aromatic heterocycles. The Morgan fingerprint density at radius 2 is 0.771 bits per heavy atom. The summed E-state index contributed by atoms with van der Waals surface area (Å²) in [5.41, 5.74) is 0. The largest absolute Gasteiger partial charge is 0.496 e. The van der Waals surface area contributed by atoms with Crippen LogP contribution in [-0.2, 0) is 20.8 Å². The van der Waals surface area contributed by atoms with Crippen LogP contribution in [0, 0.1) is 0 Å². The third kappa shape index (κ3) is 3.85. The summed E-state index contributed by atoms with van der Waals surface area (Å²) in [4.78, 5) is 0. The van der Waals surface area contributed by atoms with E-state index in [0.717, 1.165) is 32.3 Å². The number of hydrogen-bond donors (Lipinski definition) is 2. The Morgan fingerprint density at radius 3 is 1.12 bits per heavy atom. The fraction of sp³-hybridized carbons (Fsp3) is 0.0556. The van der Waals surface area contributed by atoms with Crippen LogP contribution in [0.25, 0.3) is 86.2 Å². The van der Waals surface area contributed by atoms with Gasteiger partial charge in [-0.2, -0.15) is 16.8 Å². The number of fused-ring (bicyclic) bond motifs is 6. The van der Waals surface area contributed by atoms with Gasteiger partial charge in [-0.1, -0.05) is 60.7 Å². The van der Waals surface area contributed by atoms with Crippen molar-refractivity contribution in [3.05, 3.63) is 84.9 Å². The molecular weight excluding hydrogens is 657 g/mol. The standard InChI is InChI=1S/C36H22O10S2/c1-43-27-15-25-17-7-3-5-9-21(17)35(45-47(37,38)39)23-13-11-19-20-12-14-24-30-26(18-8-4-6-10-22(18)36(24)46-48(40,41)42)16-28(44-2)34(32(20)30)33(27)31(19)29(23)25/h3-16H,1-2H3,(H,37,38,39)(H,40,41,42). The van der Waals surface area contributed by atoms with Crippen LogP contribution in [0.1, 0.15) is 0 Å². The van der Waals surface area contributed by atoms with E-state index in [2.05, 4.69) is 0 Å². The average Bonchev–Trinajstić information content (AvgIpc) is 3.06. The zero-order valence-electron chi connectivity index (χ0n) is 25.1. The molecule has 0 radical (unpaired) electrons. The van der Waals surface area contributed by atoms with Gasteiger partial charge in [0, 0.05) is 53.9 Å². The molecule has 0 atom stereocenters. The van der Waals surface area contributed by atoms with E-state index >= 15 is 0 Å². The van der Waals surface area contributed by atoms with Gasteiger partial charge < -0.3 is 17.8 Å². The minimum atomic E-state index is -4.89. The van der Waals surface area contributed by atoms with E-state index in [1.807, 2.05) is 48.5 Å². The summed E-state index contributed by atoms with van der Waals surface area (Å²) in [6.07, 6.45) is 0. The fourth-order valence-electron chi connectivity index (χ4n) is 7.66. The lowest BCUT2D eigenvalue weighted by Crippen LogP contribution is -2.08. The maximum atomic E-state index is 12.1. The molecule has 0 bridgehead atoms. The lowest BCUT2D eigenvalue weighted by Gasteiger charge is -2.24. The molecule has 2 N–H and O–H groups in total. The van der Waals surface area contributed by atoms with Crippen molar-refractivity contribution >= 4 is 107 Å². The van der Waals surface area contributed by atoms with Crippen LogP contribution >= 0.6 is 0 Å². The first-order chi connectivity index (χ1) is 23.0. The van der Waals surface area contributed by atoms with Crippen LogP contribution in [-0.4, -0.2) is 40.2 Å². The first kappa shape index (κ1) is 28.8. The Hall–Kier alpha value is -5.40. The zero-order chi connectivity index (χ0) is 33.3. The van der Waals surface area contributed by atoms with Crippen LogP contribution in [0.2, 0.25) is 0 Å². The molecule has 10 nitrogen and oxygen atoms in total. The first-order valence-electron chi connectivity index (χ1n) is 14.6. The Kier molecular flexibility index (Phi) is 5.75. The van der Waals surface area contributed by atoms with Gasteiger partial charge in [0.1, 0.15) is 11.5 Å². The van der Waals surface area contributed by atoms with Crippen molar-refractivity contribution in [1.29, 1.82) is 0 Å². The smallest absolute Gasteiger partial charge is 0.446 e. The van der Waals surface area contributed by atoms with E-state index in [1.54, 1.807) is 50.6 Å². The number of hydrogen-bond acceptors (Lipinski definition) is 8. The molecule has 0 amide bonds. The Morgan fingerprint density at radius 1 is 0.417 bits per heavy atom. The lowest BCUT2D eigenvalue weighted by molar-refractivity contribution is 0.387. The maximum absolute atomic E-state index is 12.1. The van der Waals surface area contributed by atoms with Crippen LogP contribution < -0.4 is 17.8 Å². The summed E-state index contributed by atoms with van der Waals surface area (Å²) in [5, 5.41) is 10.6. The second-order valence-electron chi connectivity index (χ2n) is 11.6. The topological polar surface area (TPSA) is 146 Å². The molecule has 0 unspecified atom stereocenters. The lowest BCUT2D eigenvalue weighted by atomic mass is 9.82. The van der Waals surface area contributed by atoms with Crippen LogP contribution in [0.4, 0.5) is 0 Å². The first-order valence-corrected chi connectivity index (χ1v) is 17.4. The van der Waals surface area contributed by atoms with Crippen molar-refractivity contribution in [1.82, 2.24) is 0 Å². The van der Waals surface area contributed by atoms with Crippen molar-refractivity contribution in [2.45, 2.75) is 0 Å². The molecule has 0 spiro atoms. The van der Waals surface area contributed by atoms with E-state index in [4.69, 9.17) is 17.8 Å².